The molecule has 0 fully saturated rings. The molecule has 1 aliphatic heterocycles. The molecule has 2 aromatic carbocycles. The minimum atomic E-state index is -4.73. The fourth-order valence-electron chi connectivity index (χ4n) is 3.33. The Morgan fingerprint density at radius 3 is 2.42 bits per heavy atom. The zero-order chi connectivity index (χ0) is 26.4. The maximum absolute atomic E-state index is 13.8. The predicted octanol–water partition coefficient (Wildman–Crippen LogP) is 4.96. The van der Waals surface area contributed by atoms with Crippen molar-refractivity contribution in [1.82, 2.24) is 0 Å². The molecule has 0 spiro atoms. The lowest BCUT2D eigenvalue weighted by Gasteiger charge is -2.24. The number of rotatable bonds is 12. The largest absolute Gasteiger partial charge is 0.494 e. The smallest absolute Gasteiger partial charge is 0.469 e. The second-order valence-electron chi connectivity index (χ2n) is 8.40. The summed E-state index contributed by atoms with van der Waals surface area (Å²) in [5, 5.41) is -0.101. The number of phosphoric ester groups is 1. The van der Waals surface area contributed by atoms with Gasteiger partial charge in [-0.25, -0.2) is 4.57 Å². The van der Waals surface area contributed by atoms with Gasteiger partial charge in [0.25, 0.3) is 0 Å². The maximum Gasteiger partial charge on any atom is 0.469 e. The first-order chi connectivity index (χ1) is 16.9. The normalized spacial score (nSPS) is 18.0. The van der Waals surface area contributed by atoms with Crippen molar-refractivity contribution in [3.8, 4) is 11.5 Å². The molecule has 0 saturated heterocycles. The highest BCUT2D eigenvalue weighted by molar-refractivity contribution is 8.14. The van der Waals surface area contributed by atoms with Crippen molar-refractivity contribution in [1.29, 1.82) is 0 Å². The molecule has 0 saturated carbocycles. The molecule has 0 bridgehead atoms. The van der Waals surface area contributed by atoms with E-state index in [4.69, 9.17) is 25.0 Å². The number of nitrogens with zero attached hydrogens (tertiary/aromatic N) is 1. The predicted molar refractivity (Wildman–Crippen MR) is 131 cm³/mol. The summed E-state index contributed by atoms with van der Waals surface area (Å²) < 4.78 is 67.8. The van der Waals surface area contributed by atoms with Gasteiger partial charge >= 0.3 is 14.0 Å². The highest BCUT2D eigenvalue weighted by Gasteiger charge is 2.38. The third-order valence-electron chi connectivity index (χ3n) is 5.16. The van der Waals surface area contributed by atoms with Crippen LogP contribution in [0.15, 0.2) is 53.5 Å². The Kier molecular flexibility index (Phi) is 9.48. The molecule has 4 N–H and O–H groups in total. The van der Waals surface area contributed by atoms with Crippen LogP contribution in [0.5, 0.6) is 11.5 Å². The van der Waals surface area contributed by atoms with Gasteiger partial charge in [-0.05, 0) is 49.6 Å². The van der Waals surface area contributed by atoms with Crippen molar-refractivity contribution in [3.63, 3.8) is 0 Å². The minimum Gasteiger partial charge on any atom is -0.494 e. The van der Waals surface area contributed by atoms with Crippen LogP contribution in [0, 0.1) is 0 Å². The van der Waals surface area contributed by atoms with E-state index in [1.54, 1.807) is 6.07 Å². The van der Waals surface area contributed by atoms with Gasteiger partial charge in [0.1, 0.15) is 11.5 Å². The van der Waals surface area contributed by atoms with E-state index in [2.05, 4.69) is 9.52 Å². The maximum atomic E-state index is 13.8. The zero-order valence-corrected chi connectivity index (χ0v) is 21.2. The topological polar surface area (TPSA) is 124 Å². The van der Waals surface area contributed by atoms with Gasteiger partial charge in [-0.3, -0.25) is 9.52 Å². The Labute approximate surface area is 211 Å². The van der Waals surface area contributed by atoms with Crippen LogP contribution < -0.4 is 15.2 Å². The van der Waals surface area contributed by atoms with Crippen LogP contribution in [0.2, 0.25) is 0 Å². The molecule has 1 aliphatic rings. The molecule has 8 nitrogen and oxygen atoms in total. The number of unbranched alkanes of at least 4 members (excludes halogenated alkanes) is 1. The number of para-hydroxylation sites is 1. The van der Waals surface area contributed by atoms with E-state index in [9.17, 15) is 17.7 Å². The average Bonchev–Trinajstić information content (AvgIpc) is 3.31. The molecular weight excluding hydrogens is 520 g/mol. The van der Waals surface area contributed by atoms with Crippen LogP contribution in [0.3, 0.4) is 0 Å². The molecular formula is C23H28F3N2O6PS. The van der Waals surface area contributed by atoms with E-state index in [-0.39, 0.29) is 18.9 Å². The number of hydrogen-bond donors (Lipinski definition) is 3. The minimum absolute atomic E-state index is 0.108. The molecule has 13 heteroatoms. The fourth-order valence-corrected chi connectivity index (χ4v) is 4.95. The summed E-state index contributed by atoms with van der Waals surface area (Å²) in [5.41, 5.74) is 4.29. The van der Waals surface area contributed by atoms with Crippen LogP contribution in [0.1, 0.15) is 36.1 Å². The molecule has 198 valence electrons. The molecule has 1 unspecified atom stereocenters. The Bertz CT molecular complexity index is 1100. The summed E-state index contributed by atoms with van der Waals surface area (Å²) in [7, 11) is -4.73. The summed E-state index contributed by atoms with van der Waals surface area (Å²) in [6, 6.07) is 13.1. The average molecular weight is 549 g/mol. The lowest BCUT2D eigenvalue weighted by atomic mass is 10.1. The Morgan fingerprint density at radius 2 is 1.78 bits per heavy atom. The van der Waals surface area contributed by atoms with Gasteiger partial charge in [0, 0.05) is 0 Å². The Morgan fingerprint density at radius 1 is 1.11 bits per heavy atom. The molecule has 1 heterocycles. The highest BCUT2D eigenvalue weighted by Crippen LogP contribution is 2.44. The SMILES string of the molecule is C[C@](N)(COP(=O)(O)O)C1=NCC(c2ccc(OCCCCOc3ccccc3)c(C(F)(F)F)c2)S1. The third-order valence-corrected chi connectivity index (χ3v) is 7.15. The van der Waals surface area contributed by atoms with Crippen LogP contribution in [0.4, 0.5) is 13.2 Å². The summed E-state index contributed by atoms with van der Waals surface area (Å²) in [5.74, 6) is 0.479. The van der Waals surface area contributed by atoms with Gasteiger partial charge in [0.15, 0.2) is 0 Å². The molecule has 3 rings (SSSR count). The Balaban J connectivity index is 1.57. The molecule has 36 heavy (non-hydrogen) atoms. The molecule has 0 amide bonds. The number of aliphatic imine (C=N–C) groups is 1. The number of thioether (sulfide) groups is 1. The first kappa shape index (κ1) is 28.5. The van der Waals surface area contributed by atoms with Gasteiger partial charge in [0.2, 0.25) is 0 Å². The molecule has 2 atom stereocenters. The number of hydrogen-bond acceptors (Lipinski definition) is 7. The van der Waals surface area contributed by atoms with Crippen LogP contribution in [-0.2, 0) is 15.3 Å². The monoisotopic (exact) mass is 548 g/mol. The molecule has 0 aliphatic carbocycles. The van der Waals surface area contributed by atoms with Crippen LogP contribution >= 0.6 is 19.6 Å². The first-order valence-corrected chi connectivity index (χ1v) is 13.5. The summed E-state index contributed by atoms with van der Waals surface area (Å²) in [6.45, 7) is 1.70. The van der Waals surface area contributed by atoms with E-state index in [1.165, 1.54) is 13.0 Å². The lowest BCUT2D eigenvalue weighted by Crippen LogP contribution is -2.47. The zero-order valence-electron chi connectivity index (χ0n) is 19.5. The van der Waals surface area contributed by atoms with E-state index < -0.39 is 37.0 Å². The third kappa shape index (κ3) is 8.50. The number of halogens is 3. The van der Waals surface area contributed by atoms with Gasteiger partial charge in [-0.1, -0.05) is 36.0 Å². The van der Waals surface area contributed by atoms with E-state index >= 15 is 0 Å². The quantitative estimate of drug-likeness (QED) is 0.251. The number of benzene rings is 2. The van der Waals surface area contributed by atoms with E-state index in [0.717, 1.165) is 23.6 Å². The van der Waals surface area contributed by atoms with Crippen molar-refractivity contribution in [2.45, 2.75) is 36.7 Å². The second-order valence-corrected chi connectivity index (χ2v) is 10.8. The van der Waals surface area contributed by atoms with Gasteiger partial charge in [-0.2, -0.15) is 13.2 Å². The van der Waals surface area contributed by atoms with Gasteiger partial charge in [0.05, 0.1) is 47.8 Å². The first-order valence-electron chi connectivity index (χ1n) is 11.1. The van der Waals surface area contributed by atoms with Gasteiger partial charge < -0.3 is 25.0 Å². The summed E-state index contributed by atoms with van der Waals surface area (Å²) in [4.78, 5) is 22.1. The number of ether oxygens (including phenoxy) is 2. The van der Waals surface area contributed by atoms with E-state index in [1.807, 2.05) is 30.3 Å². The standard InChI is InChI=1S/C23H28F3N2O6PS/c1-22(27,15-34-35(29,30)31)21-28-14-20(36-21)16-9-10-19(18(13-16)23(24,25)26)33-12-6-5-11-32-17-7-3-2-4-8-17/h2-4,7-10,13,20H,5-6,11-12,14-15,27H2,1H3,(H2,29,30,31)/t20?,22-/m0/s1. The summed E-state index contributed by atoms with van der Waals surface area (Å²) in [6.07, 6.45) is -3.47. The van der Waals surface area contributed by atoms with Crippen molar-refractivity contribution < 1.29 is 41.5 Å². The molecule has 0 radical (unpaired) electrons. The highest BCUT2D eigenvalue weighted by atomic mass is 32.2. The fraction of sp³-hybridized carbons (Fsp3) is 0.435. The number of nitrogens with two attached hydrogens (primary N) is 1. The number of phosphoric acid groups is 1. The van der Waals surface area contributed by atoms with Crippen molar-refractivity contribution in [3.05, 3.63) is 59.7 Å². The van der Waals surface area contributed by atoms with Gasteiger partial charge in [-0.15, -0.1) is 0 Å². The van der Waals surface area contributed by atoms with Crippen molar-refractivity contribution in [2.75, 3.05) is 26.4 Å². The molecule has 2 aromatic rings. The number of alkyl halides is 3. The van der Waals surface area contributed by atoms with Crippen LogP contribution in [0.25, 0.3) is 0 Å². The van der Waals surface area contributed by atoms with E-state index in [0.29, 0.717) is 30.1 Å². The Hall–Kier alpha value is -2.08. The van der Waals surface area contributed by atoms with Crippen molar-refractivity contribution in [2.24, 2.45) is 10.7 Å². The van der Waals surface area contributed by atoms with Crippen LogP contribution in [-0.4, -0.2) is 46.7 Å². The molecule has 0 aromatic heterocycles. The van der Waals surface area contributed by atoms with Crippen molar-refractivity contribution >= 4 is 24.6 Å². The summed E-state index contributed by atoms with van der Waals surface area (Å²) >= 11 is 1.14. The second kappa shape index (κ2) is 12.0. The lowest BCUT2D eigenvalue weighted by molar-refractivity contribution is -0.139.